The monoisotopic (exact) mass is 377 g/mol. The predicted octanol–water partition coefficient (Wildman–Crippen LogP) is 1.41. The van der Waals surface area contributed by atoms with Crippen LogP contribution in [0.3, 0.4) is 0 Å². The van der Waals surface area contributed by atoms with Crippen molar-refractivity contribution in [3.05, 3.63) is 63.6 Å². The van der Waals surface area contributed by atoms with Crippen LogP contribution < -0.4 is 9.89 Å². The first-order valence-electron chi connectivity index (χ1n) is 7.64. The van der Waals surface area contributed by atoms with Crippen LogP contribution in [0.25, 0.3) is 0 Å². The number of carbonyl (C=O) groups excluding carboxylic acids is 2. The van der Waals surface area contributed by atoms with E-state index in [-0.39, 0.29) is 17.3 Å². The summed E-state index contributed by atoms with van der Waals surface area (Å²) in [5, 5.41) is 9.56. The molecule has 5 nitrogen and oxygen atoms in total. The third-order valence-corrected chi connectivity index (χ3v) is 4.46. The predicted molar refractivity (Wildman–Crippen MR) is 96.4 cm³/mol. The van der Waals surface area contributed by atoms with E-state index >= 15 is 0 Å². The Morgan fingerprint density at radius 3 is 2.68 bits per heavy atom. The lowest BCUT2D eigenvalue weighted by Crippen LogP contribution is -2.71. The van der Waals surface area contributed by atoms with Gasteiger partial charge in [0, 0.05) is 10.6 Å². The molecular formula is C18H15Cl2N2O3+. The molecule has 1 aliphatic rings. The number of benzene rings is 2. The van der Waals surface area contributed by atoms with Crippen LogP contribution in [0, 0.1) is 0 Å². The van der Waals surface area contributed by atoms with Gasteiger partial charge in [-0.25, -0.2) is 9.89 Å². The molecular weight excluding hydrogens is 363 g/mol. The molecule has 0 aliphatic carbocycles. The maximum absolute atomic E-state index is 13.0. The zero-order valence-corrected chi connectivity index (χ0v) is 14.6. The van der Waals surface area contributed by atoms with Gasteiger partial charge < -0.3 is 5.11 Å². The number of amides is 2. The first-order chi connectivity index (χ1) is 12.0. The minimum absolute atomic E-state index is 0.0676. The summed E-state index contributed by atoms with van der Waals surface area (Å²) in [4.78, 5) is 29.9. The second-order valence-corrected chi connectivity index (χ2v) is 6.33. The second-order valence-electron chi connectivity index (χ2n) is 5.48. The molecule has 2 N–H and O–H groups in total. The molecule has 128 valence electrons. The zero-order valence-electron chi connectivity index (χ0n) is 13.1. The van der Waals surface area contributed by atoms with Gasteiger partial charge in [-0.3, -0.25) is 9.59 Å². The Morgan fingerprint density at radius 1 is 1.16 bits per heavy atom. The number of carbonyl (C=O) groups is 2. The molecule has 2 aromatic carbocycles. The highest BCUT2D eigenvalue weighted by molar-refractivity contribution is 6.38. The molecule has 1 aliphatic heterocycles. The summed E-state index contributed by atoms with van der Waals surface area (Å²) < 4.78 is 0. The molecule has 0 radical (unpaired) electrons. The van der Waals surface area contributed by atoms with Crippen molar-refractivity contribution >= 4 is 46.9 Å². The quantitative estimate of drug-likeness (QED) is 0.624. The largest absolute Gasteiger partial charge is 0.390 e. The SMILES string of the molecule is O=C1c2ccccc2[C@@H](C=[NH+]CCO)C(=O)N1c1cc(Cl)ccc1Cl. The molecule has 0 aromatic heterocycles. The number of fused-ring (bicyclic) bond motifs is 1. The van der Waals surface area contributed by atoms with E-state index in [0.29, 0.717) is 22.7 Å². The lowest BCUT2D eigenvalue weighted by atomic mass is 9.89. The first kappa shape index (κ1) is 17.6. The molecule has 1 heterocycles. The van der Waals surface area contributed by atoms with Crippen molar-refractivity contribution in [3.8, 4) is 0 Å². The number of hydrogen-bond donors (Lipinski definition) is 2. The Hall–Kier alpha value is -2.21. The third-order valence-electron chi connectivity index (χ3n) is 3.91. The van der Waals surface area contributed by atoms with Gasteiger partial charge in [0.15, 0.2) is 12.8 Å². The van der Waals surface area contributed by atoms with Crippen LogP contribution in [-0.4, -0.2) is 36.3 Å². The van der Waals surface area contributed by atoms with E-state index in [9.17, 15) is 9.59 Å². The van der Waals surface area contributed by atoms with Crippen LogP contribution >= 0.6 is 23.2 Å². The van der Waals surface area contributed by atoms with E-state index in [2.05, 4.69) is 4.99 Å². The highest BCUT2D eigenvalue weighted by atomic mass is 35.5. The van der Waals surface area contributed by atoms with Gasteiger partial charge in [-0.2, -0.15) is 0 Å². The van der Waals surface area contributed by atoms with Crippen molar-refractivity contribution in [2.75, 3.05) is 18.1 Å². The molecule has 0 bridgehead atoms. The number of imide groups is 1. The molecule has 0 unspecified atom stereocenters. The molecule has 0 saturated carbocycles. The van der Waals surface area contributed by atoms with Crippen LogP contribution in [0.4, 0.5) is 5.69 Å². The van der Waals surface area contributed by atoms with Crippen molar-refractivity contribution in [2.24, 2.45) is 0 Å². The number of halogens is 2. The van der Waals surface area contributed by atoms with E-state index in [1.807, 2.05) is 0 Å². The molecule has 0 fully saturated rings. The van der Waals surface area contributed by atoms with Crippen molar-refractivity contribution in [3.63, 3.8) is 0 Å². The molecule has 2 amide bonds. The van der Waals surface area contributed by atoms with Gasteiger partial charge in [-0.05, 0) is 29.8 Å². The van der Waals surface area contributed by atoms with E-state index in [4.69, 9.17) is 28.3 Å². The Balaban J connectivity index is 2.13. The van der Waals surface area contributed by atoms with Gasteiger partial charge in [-0.15, -0.1) is 0 Å². The number of aliphatic hydroxyl groups is 1. The Labute approximate surface area is 154 Å². The highest BCUT2D eigenvalue weighted by Gasteiger charge is 2.40. The number of nitrogens with one attached hydrogen (secondary N) is 1. The number of anilines is 1. The Kier molecular flexibility index (Phi) is 5.18. The smallest absolute Gasteiger partial charge is 0.265 e. The van der Waals surface area contributed by atoms with Gasteiger partial charge >= 0.3 is 0 Å². The molecule has 1 atom stereocenters. The maximum Gasteiger partial charge on any atom is 0.265 e. The van der Waals surface area contributed by atoms with Crippen LogP contribution in [0.5, 0.6) is 0 Å². The average Bonchev–Trinajstić information content (AvgIpc) is 2.61. The maximum atomic E-state index is 13.0. The van der Waals surface area contributed by atoms with Crippen LogP contribution in [-0.2, 0) is 4.79 Å². The normalized spacial score (nSPS) is 17.2. The molecule has 3 rings (SSSR count). The molecule has 0 spiro atoms. The minimum Gasteiger partial charge on any atom is -0.390 e. The number of aliphatic hydroxyl groups excluding tert-OH is 1. The summed E-state index contributed by atoms with van der Waals surface area (Å²) in [5.74, 6) is -1.56. The van der Waals surface area contributed by atoms with Gasteiger partial charge in [-0.1, -0.05) is 41.4 Å². The summed E-state index contributed by atoms with van der Waals surface area (Å²) >= 11 is 12.2. The fourth-order valence-electron chi connectivity index (χ4n) is 2.77. The third kappa shape index (κ3) is 3.31. The van der Waals surface area contributed by atoms with Crippen molar-refractivity contribution in [2.45, 2.75) is 5.92 Å². The molecule has 0 saturated heterocycles. The van der Waals surface area contributed by atoms with Crippen LogP contribution in [0.2, 0.25) is 10.0 Å². The molecule has 2 aromatic rings. The highest BCUT2D eigenvalue weighted by Crippen LogP contribution is 2.36. The van der Waals surface area contributed by atoms with Crippen molar-refractivity contribution in [1.82, 2.24) is 0 Å². The minimum atomic E-state index is -0.685. The van der Waals surface area contributed by atoms with Gasteiger partial charge in [0.05, 0.1) is 10.7 Å². The standard InChI is InChI=1S/C18H14Cl2N2O3/c19-11-5-6-15(20)16(9-11)22-17(24)13-4-2-1-3-12(13)14(18(22)25)10-21-7-8-23/h1-6,9-10,14,23H,7-8H2/p+1/t14-/m1/s1. The van der Waals surface area contributed by atoms with Crippen molar-refractivity contribution in [1.29, 1.82) is 0 Å². The van der Waals surface area contributed by atoms with Gasteiger partial charge in [0.2, 0.25) is 0 Å². The number of hydrogen-bond acceptors (Lipinski definition) is 3. The topological polar surface area (TPSA) is 71.6 Å². The fraction of sp³-hybridized carbons (Fsp3) is 0.167. The fourth-order valence-corrected chi connectivity index (χ4v) is 3.14. The van der Waals surface area contributed by atoms with Crippen LogP contribution in [0.15, 0.2) is 42.5 Å². The lowest BCUT2D eigenvalue weighted by Gasteiger charge is -2.30. The van der Waals surface area contributed by atoms with Gasteiger partial charge in [0.1, 0.15) is 12.5 Å². The van der Waals surface area contributed by atoms with E-state index in [0.717, 1.165) is 4.90 Å². The summed E-state index contributed by atoms with van der Waals surface area (Å²) in [6, 6.07) is 11.5. The Bertz CT molecular complexity index is 867. The van der Waals surface area contributed by atoms with Crippen molar-refractivity contribution < 1.29 is 19.7 Å². The number of nitrogens with zero attached hydrogens (tertiary/aromatic N) is 1. The summed E-state index contributed by atoms with van der Waals surface area (Å²) in [6.07, 6.45) is 1.58. The molecule has 7 heteroatoms. The van der Waals surface area contributed by atoms with Gasteiger partial charge in [0.25, 0.3) is 11.8 Å². The summed E-state index contributed by atoms with van der Waals surface area (Å²) in [5.41, 5.74) is 1.28. The summed E-state index contributed by atoms with van der Waals surface area (Å²) in [6.45, 7) is 0.236. The van der Waals surface area contributed by atoms with E-state index < -0.39 is 17.7 Å². The number of rotatable bonds is 4. The average molecular weight is 378 g/mol. The van der Waals surface area contributed by atoms with E-state index in [1.54, 1.807) is 42.6 Å². The summed E-state index contributed by atoms with van der Waals surface area (Å²) in [7, 11) is 0. The zero-order chi connectivity index (χ0) is 18.0. The van der Waals surface area contributed by atoms with E-state index in [1.165, 1.54) is 6.07 Å². The molecule has 25 heavy (non-hydrogen) atoms. The Morgan fingerprint density at radius 2 is 1.92 bits per heavy atom. The van der Waals surface area contributed by atoms with Crippen LogP contribution in [0.1, 0.15) is 21.8 Å². The second kappa shape index (κ2) is 7.35. The lowest BCUT2D eigenvalue weighted by molar-refractivity contribution is -0.456. The first-order valence-corrected chi connectivity index (χ1v) is 8.40.